The van der Waals surface area contributed by atoms with Crippen molar-refractivity contribution < 1.29 is 27.5 Å². The Balaban J connectivity index is 3.11. The van der Waals surface area contributed by atoms with E-state index in [-0.39, 0.29) is 5.69 Å². The van der Waals surface area contributed by atoms with Crippen LogP contribution in [0.1, 0.15) is 5.56 Å². The standard InChI is InChI=1S/C9H8F3N3O3/c1-18-8-5(9(10,11)12)2-4(3-14-8)15-7(17)6(13)16/h2-3H,1H3,(H2,13,16)(H,15,17). The van der Waals surface area contributed by atoms with E-state index >= 15 is 0 Å². The first-order valence-corrected chi connectivity index (χ1v) is 4.47. The van der Waals surface area contributed by atoms with Crippen molar-refractivity contribution in [1.29, 1.82) is 0 Å². The SMILES string of the molecule is COc1ncc(NC(=O)C(N)=O)cc1C(F)(F)F. The van der Waals surface area contributed by atoms with Crippen LogP contribution in [-0.2, 0) is 15.8 Å². The van der Waals surface area contributed by atoms with Crippen molar-refractivity contribution in [3.8, 4) is 5.88 Å². The number of nitrogens with two attached hydrogens (primary N) is 1. The van der Waals surface area contributed by atoms with Crippen LogP contribution >= 0.6 is 0 Å². The fourth-order valence-electron chi connectivity index (χ4n) is 1.08. The molecule has 98 valence electrons. The fourth-order valence-corrected chi connectivity index (χ4v) is 1.08. The van der Waals surface area contributed by atoms with E-state index in [1.165, 1.54) is 0 Å². The van der Waals surface area contributed by atoms with E-state index in [0.29, 0.717) is 6.07 Å². The normalized spacial score (nSPS) is 10.9. The highest BCUT2D eigenvalue weighted by atomic mass is 19.4. The van der Waals surface area contributed by atoms with Gasteiger partial charge in [-0.2, -0.15) is 13.2 Å². The molecule has 0 bridgehead atoms. The van der Waals surface area contributed by atoms with Gasteiger partial charge in [-0.25, -0.2) is 4.98 Å². The molecule has 1 aromatic heterocycles. The number of carbonyl (C=O) groups excluding carboxylic acids is 2. The van der Waals surface area contributed by atoms with Crippen LogP contribution in [0, 0.1) is 0 Å². The van der Waals surface area contributed by atoms with Gasteiger partial charge < -0.3 is 15.8 Å². The van der Waals surface area contributed by atoms with Gasteiger partial charge in [-0.05, 0) is 6.07 Å². The first-order valence-electron chi connectivity index (χ1n) is 4.47. The molecule has 2 amide bonds. The number of nitrogens with zero attached hydrogens (tertiary/aromatic N) is 1. The van der Waals surface area contributed by atoms with Gasteiger partial charge in [0.05, 0.1) is 19.0 Å². The molecule has 1 aromatic rings. The monoisotopic (exact) mass is 263 g/mol. The molecule has 0 fully saturated rings. The third kappa shape index (κ3) is 3.09. The molecule has 6 nitrogen and oxygen atoms in total. The Morgan fingerprint density at radius 3 is 2.50 bits per heavy atom. The topological polar surface area (TPSA) is 94.3 Å². The molecule has 3 N–H and O–H groups in total. The molecular formula is C9H8F3N3O3. The molecular weight excluding hydrogens is 255 g/mol. The summed E-state index contributed by atoms with van der Waals surface area (Å²) in [6.07, 6.45) is -3.79. The Bertz CT molecular complexity index is 488. The van der Waals surface area contributed by atoms with E-state index < -0.39 is 29.4 Å². The molecule has 0 saturated carbocycles. The van der Waals surface area contributed by atoms with Crippen LogP contribution in [0.2, 0.25) is 0 Å². The Hall–Kier alpha value is -2.32. The second-order valence-corrected chi connectivity index (χ2v) is 3.10. The molecule has 1 rings (SSSR count). The van der Waals surface area contributed by atoms with Crippen LogP contribution < -0.4 is 15.8 Å². The van der Waals surface area contributed by atoms with Gasteiger partial charge >= 0.3 is 18.0 Å². The smallest absolute Gasteiger partial charge is 0.421 e. The highest BCUT2D eigenvalue weighted by Crippen LogP contribution is 2.36. The molecule has 0 aromatic carbocycles. The van der Waals surface area contributed by atoms with Crippen molar-refractivity contribution in [2.75, 3.05) is 12.4 Å². The van der Waals surface area contributed by atoms with Crippen LogP contribution in [-0.4, -0.2) is 23.9 Å². The number of aromatic nitrogens is 1. The lowest BCUT2D eigenvalue weighted by molar-refractivity contribution is -0.139. The number of hydrogen-bond acceptors (Lipinski definition) is 4. The molecule has 0 aliphatic heterocycles. The average Bonchev–Trinajstić information content (AvgIpc) is 2.27. The summed E-state index contributed by atoms with van der Waals surface area (Å²) in [6, 6.07) is 0.590. The Labute approximate surface area is 98.9 Å². The van der Waals surface area contributed by atoms with E-state index in [9.17, 15) is 22.8 Å². The summed E-state index contributed by atoms with van der Waals surface area (Å²) in [5, 5.41) is 1.87. The number of amides is 2. The number of ether oxygens (including phenoxy) is 1. The summed E-state index contributed by atoms with van der Waals surface area (Å²) >= 11 is 0. The zero-order valence-corrected chi connectivity index (χ0v) is 9.04. The molecule has 0 atom stereocenters. The molecule has 1 heterocycles. The van der Waals surface area contributed by atoms with Gasteiger partial charge in [0.2, 0.25) is 5.88 Å². The van der Waals surface area contributed by atoms with Crippen molar-refractivity contribution in [2.24, 2.45) is 5.73 Å². The zero-order chi connectivity index (χ0) is 13.9. The first-order chi connectivity index (χ1) is 8.25. The Morgan fingerprint density at radius 1 is 1.44 bits per heavy atom. The molecule has 0 aliphatic rings. The van der Waals surface area contributed by atoms with Crippen molar-refractivity contribution in [3.05, 3.63) is 17.8 Å². The van der Waals surface area contributed by atoms with Crippen molar-refractivity contribution in [3.63, 3.8) is 0 Å². The summed E-state index contributed by atoms with van der Waals surface area (Å²) in [4.78, 5) is 24.7. The van der Waals surface area contributed by atoms with Crippen molar-refractivity contribution in [1.82, 2.24) is 4.98 Å². The second-order valence-electron chi connectivity index (χ2n) is 3.10. The Morgan fingerprint density at radius 2 is 2.06 bits per heavy atom. The number of anilines is 1. The molecule has 0 radical (unpaired) electrons. The lowest BCUT2D eigenvalue weighted by atomic mass is 10.2. The average molecular weight is 263 g/mol. The Kier molecular flexibility index (Phi) is 3.74. The lowest BCUT2D eigenvalue weighted by Crippen LogP contribution is -2.29. The van der Waals surface area contributed by atoms with Gasteiger partial charge in [-0.1, -0.05) is 0 Å². The highest BCUT2D eigenvalue weighted by Gasteiger charge is 2.35. The van der Waals surface area contributed by atoms with Crippen LogP contribution in [0.4, 0.5) is 18.9 Å². The summed E-state index contributed by atoms with van der Waals surface area (Å²) in [5.41, 5.74) is 3.16. The number of rotatable bonds is 2. The van der Waals surface area contributed by atoms with Gasteiger partial charge in [-0.15, -0.1) is 0 Å². The van der Waals surface area contributed by atoms with Gasteiger partial charge in [0.1, 0.15) is 5.56 Å². The number of primary amides is 1. The van der Waals surface area contributed by atoms with E-state index in [0.717, 1.165) is 13.3 Å². The number of nitrogens with one attached hydrogen (secondary N) is 1. The third-order valence-electron chi connectivity index (χ3n) is 1.83. The third-order valence-corrected chi connectivity index (χ3v) is 1.83. The predicted octanol–water partition coefficient (Wildman–Crippen LogP) is 0.533. The van der Waals surface area contributed by atoms with E-state index in [4.69, 9.17) is 0 Å². The highest BCUT2D eigenvalue weighted by molar-refractivity contribution is 6.39. The lowest BCUT2D eigenvalue weighted by Gasteiger charge is -2.12. The second kappa shape index (κ2) is 4.90. The maximum Gasteiger partial charge on any atom is 0.421 e. The molecule has 0 spiro atoms. The van der Waals surface area contributed by atoms with E-state index in [2.05, 4.69) is 15.5 Å². The van der Waals surface area contributed by atoms with Crippen molar-refractivity contribution in [2.45, 2.75) is 6.18 Å². The number of alkyl halides is 3. The van der Waals surface area contributed by atoms with Crippen LogP contribution in [0.5, 0.6) is 5.88 Å². The molecule has 0 aliphatic carbocycles. The molecule has 0 saturated heterocycles. The van der Waals surface area contributed by atoms with Gasteiger partial charge in [0.25, 0.3) is 0 Å². The van der Waals surface area contributed by atoms with Gasteiger partial charge in [-0.3, -0.25) is 9.59 Å². The fraction of sp³-hybridized carbons (Fsp3) is 0.222. The van der Waals surface area contributed by atoms with Gasteiger partial charge in [0, 0.05) is 0 Å². The minimum absolute atomic E-state index is 0.313. The van der Waals surface area contributed by atoms with E-state index in [1.807, 2.05) is 5.32 Å². The summed E-state index contributed by atoms with van der Waals surface area (Å²) < 4.78 is 42.2. The molecule has 18 heavy (non-hydrogen) atoms. The predicted molar refractivity (Wildman–Crippen MR) is 53.6 cm³/mol. The number of carbonyl (C=O) groups is 2. The van der Waals surface area contributed by atoms with Crippen molar-refractivity contribution >= 4 is 17.5 Å². The first kappa shape index (κ1) is 13.7. The summed E-state index contributed by atoms with van der Waals surface area (Å²) in [6.45, 7) is 0. The zero-order valence-electron chi connectivity index (χ0n) is 9.04. The number of methoxy groups -OCH3 is 1. The summed E-state index contributed by atoms with van der Waals surface area (Å²) in [7, 11) is 1.03. The summed E-state index contributed by atoms with van der Waals surface area (Å²) in [5.74, 6) is -3.20. The number of hydrogen-bond donors (Lipinski definition) is 2. The van der Waals surface area contributed by atoms with Gasteiger partial charge in [0.15, 0.2) is 0 Å². The minimum Gasteiger partial charge on any atom is -0.481 e. The maximum absolute atomic E-state index is 12.6. The molecule has 0 unspecified atom stereocenters. The van der Waals surface area contributed by atoms with Crippen LogP contribution in [0.3, 0.4) is 0 Å². The molecule has 9 heteroatoms. The number of halogens is 3. The van der Waals surface area contributed by atoms with E-state index in [1.54, 1.807) is 0 Å². The van der Waals surface area contributed by atoms with Crippen LogP contribution in [0.15, 0.2) is 12.3 Å². The largest absolute Gasteiger partial charge is 0.481 e. The quantitative estimate of drug-likeness (QED) is 0.761. The van der Waals surface area contributed by atoms with Crippen LogP contribution in [0.25, 0.3) is 0 Å². The number of pyridine rings is 1. The minimum atomic E-state index is -4.70. The maximum atomic E-state index is 12.6.